The number of carbonyl (C=O) groups is 1. The fourth-order valence-electron chi connectivity index (χ4n) is 4.13. The third-order valence-electron chi connectivity index (χ3n) is 5.80. The summed E-state index contributed by atoms with van der Waals surface area (Å²) in [6, 6.07) is 24.3. The van der Waals surface area contributed by atoms with Crippen molar-refractivity contribution in [3.63, 3.8) is 0 Å². The number of fused-ring (bicyclic) bond motifs is 1. The predicted octanol–water partition coefficient (Wildman–Crippen LogP) is 5.19. The van der Waals surface area contributed by atoms with E-state index in [-0.39, 0.29) is 17.5 Å². The molecule has 3 aromatic carbocycles. The number of rotatable bonds is 6. The zero-order chi connectivity index (χ0) is 22.7. The van der Waals surface area contributed by atoms with Crippen molar-refractivity contribution in [1.82, 2.24) is 9.88 Å². The number of hydrogen-bond donors (Lipinski definition) is 1. The second kappa shape index (κ2) is 9.10. The van der Waals surface area contributed by atoms with Crippen molar-refractivity contribution in [3.05, 3.63) is 106 Å². The van der Waals surface area contributed by atoms with Gasteiger partial charge in [0.05, 0.1) is 18.7 Å². The van der Waals surface area contributed by atoms with Crippen molar-refractivity contribution in [2.75, 3.05) is 7.11 Å². The van der Waals surface area contributed by atoms with Gasteiger partial charge in [0.1, 0.15) is 5.75 Å². The maximum absolute atomic E-state index is 13.6. The molecule has 1 N–H and O–H groups in total. The number of nitrogens with one attached hydrogen (secondary N) is 1. The molecule has 1 amide bonds. The fourth-order valence-corrected chi connectivity index (χ4v) is 4.13. The molecule has 0 aliphatic carbocycles. The summed E-state index contributed by atoms with van der Waals surface area (Å²) in [5.74, 6) is 0.503. The molecule has 0 unspecified atom stereocenters. The minimum absolute atomic E-state index is 0.122. The number of methoxy groups -OCH3 is 1. The highest BCUT2D eigenvalue weighted by Gasteiger charge is 2.22. The van der Waals surface area contributed by atoms with Crippen LogP contribution in [0.5, 0.6) is 5.75 Å². The number of pyridine rings is 1. The average Bonchev–Trinajstić information content (AvgIpc) is 2.83. The summed E-state index contributed by atoms with van der Waals surface area (Å²) in [6.45, 7) is 3.86. The summed E-state index contributed by atoms with van der Waals surface area (Å²) in [6.07, 6.45) is 0.755. The third kappa shape index (κ3) is 3.89. The molecule has 0 saturated carbocycles. The molecule has 0 saturated heterocycles. The summed E-state index contributed by atoms with van der Waals surface area (Å²) < 4.78 is 6.84. The Bertz CT molecular complexity index is 1310. The van der Waals surface area contributed by atoms with Crippen molar-refractivity contribution < 1.29 is 9.53 Å². The number of carbonyl (C=O) groups excluding carboxylic acids is 1. The minimum atomic E-state index is -0.198. The molecule has 162 valence electrons. The minimum Gasteiger partial charge on any atom is -0.497 e. The zero-order valence-corrected chi connectivity index (χ0v) is 18.5. The van der Waals surface area contributed by atoms with Gasteiger partial charge in [-0.25, -0.2) is 0 Å². The normalized spacial score (nSPS) is 11.8. The summed E-state index contributed by atoms with van der Waals surface area (Å²) in [7, 11) is 1.60. The molecule has 4 rings (SSSR count). The lowest BCUT2D eigenvalue weighted by Crippen LogP contribution is -2.32. The van der Waals surface area contributed by atoms with Gasteiger partial charge in [-0.1, -0.05) is 55.5 Å². The Morgan fingerprint density at radius 2 is 1.56 bits per heavy atom. The summed E-state index contributed by atoms with van der Waals surface area (Å²) in [4.78, 5) is 26.9. The van der Waals surface area contributed by atoms with Gasteiger partial charge >= 0.3 is 0 Å². The van der Waals surface area contributed by atoms with E-state index in [0.29, 0.717) is 33.5 Å². The first-order valence-corrected chi connectivity index (χ1v) is 10.7. The maximum atomic E-state index is 13.6. The van der Waals surface area contributed by atoms with E-state index in [1.807, 2.05) is 74.5 Å². The molecule has 5 nitrogen and oxygen atoms in total. The van der Waals surface area contributed by atoms with E-state index in [1.54, 1.807) is 29.9 Å². The molecule has 1 atom stereocenters. The highest BCUT2D eigenvalue weighted by molar-refractivity contribution is 6.08. The van der Waals surface area contributed by atoms with Crippen LogP contribution in [0.25, 0.3) is 16.5 Å². The van der Waals surface area contributed by atoms with E-state index < -0.39 is 0 Å². The molecule has 4 aromatic rings. The van der Waals surface area contributed by atoms with Crippen LogP contribution in [0.4, 0.5) is 0 Å². The van der Waals surface area contributed by atoms with Gasteiger partial charge in [0, 0.05) is 22.2 Å². The van der Waals surface area contributed by atoms with E-state index in [9.17, 15) is 9.59 Å². The summed E-state index contributed by atoms with van der Waals surface area (Å²) >= 11 is 0. The molecule has 0 spiro atoms. The molecular formula is C27H26N2O3. The Morgan fingerprint density at radius 3 is 2.19 bits per heavy atom. The topological polar surface area (TPSA) is 60.3 Å². The van der Waals surface area contributed by atoms with Crippen LogP contribution in [-0.4, -0.2) is 17.6 Å². The molecule has 1 aromatic heterocycles. The second-order valence-corrected chi connectivity index (χ2v) is 7.69. The largest absolute Gasteiger partial charge is 0.497 e. The first-order chi connectivity index (χ1) is 15.5. The van der Waals surface area contributed by atoms with E-state index in [1.165, 1.54) is 0 Å². The highest BCUT2D eigenvalue weighted by atomic mass is 16.5. The number of hydrogen-bond acceptors (Lipinski definition) is 3. The molecule has 1 heterocycles. The van der Waals surface area contributed by atoms with Gasteiger partial charge in [0.15, 0.2) is 0 Å². The second-order valence-electron chi connectivity index (χ2n) is 7.69. The van der Waals surface area contributed by atoms with Crippen LogP contribution < -0.4 is 15.6 Å². The standard InChI is InChI=1S/C27H26N2O3/c1-4-24(19-10-6-5-7-11-19)28-26(30)25-18(2)29(20-14-16-21(32-3)17-15-20)27(31)23-13-9-8-12-22(23)25/h5-17,24H,4H2,1-3H3,(H,28,30)/t24-/m0/s1. The van der Waals surface area contributed by atoms with Crippen LogP contribution in [0.15, 0.2) is 83.7 Å². The van der Waals surface area contributed by atoms with Crippen LogP contribution in [0, 0.1) is 6.92 Å². The van der Waals surface area contributed by atoms with Gasteiger partial charge in [-0.3, -0.25) is 14.2 Å². The Hall–Kier alpha value is -3.86. The molecule has 5 heteroatoms. The molecule has 0 fully saturated rings. The van der Waals surface area contributed by atoms with Gasteiger partial charge in [0.25, 0.3) is 11.5 Å². The van der Waals surface area contributed by atoms with Crippen LogP contribution in [0.3, 0.4) is 0 Å². The molecule has 0 radical (unpaired) electrons. The van der Waals surface area contributed by atoms with Crippen LogP contribution in [0.1, 0.15) is 41.0 Å². The number of amides is 1. The quantitative estimate of drug-likeness (QED) is 0.462. The summed E-state index contributed by atoms with van der Waals surface area (Å²) in [5.41, 5.74) is 2.68. The molecule has 0 aliphatic rings. The van der Waals surface area contributed by atoms with Gasteiger partial charge in [-0.15, -0.1) is 0 Å². The third-order valence-corrected chi connectivity index (χ3v) is 5.80. The Morgan fingerprint density at radius 1 is 0.938 bits per heavy atom. The molecular weight excluding hydrogens is 400 g/mol. The van der Waals surface area contributed by atoms with Gasteiger partial charge in [0.2, 0.25) is 0 Å². The first kappa shape index (κ1) is 21.4. The average molecular weight is 427 g/mol. The Kier molecular flexibility index (Phi) is 6.08. The van der Waals surface area contributed by atoms with Crippen LogP contribution in [-0.2, 0) is 0 Å². The lowest BCUT2D eigenvalue weighted by molar-refractivity contribution is 0.0936. The van der Waals surface area contributed by atoms with Crippen LogP contribution in [0.2, 0.25) is 0 Å². The van der Waals surface area contributed by atoms with E-state index >= 15 is 0 Å². The van der Waals surface area contributed by atoms with Crippen molar-refractivity contribution in [1.29, 1.82) is 0 Å². The van der Waals surface area contributed by atoms with Gasteiger partial charge < -0.3 is 10.1 Å². The Balaban J connectivity index is 1.86. The SMILES string of the molecule is CC[C@H](NC(=O)c1c(C)n(-c2ccc(OC)cc2)c(=O)c2ccccc12)c1ccccc1. The van der Waals surface area contributed by atoms with E-state index in [0.717, 1.165) is 12.0 Å². The van der Waals surface area contributed by atoms with Gasteiger partial charge in [-0.2, -0.15) is 0 Å². The lowest BCUT2D eigenvalue weighted by atomic mass is 10.0. The molecule has 0 aliphatic heterocycles. The monoisotopic (exact) mass is 426 g/mol. The van der Waals surface area contributed by atoms with Crippen LogP contribution >= 0.6 is 0 Å². The molecule has 32 heavy (non-hydrogen) atoms. The summed E-state index contributed by atoms with van der Waals surface area (Å²) in [5, 5.41) is 4.33. The smallest absolute Gasteiger partial charge is 0.263 e. The van der Waals surface area contributed by atoms with E-state index in [4.69, 9.17) is 4.74 Å². The van der Waals surface area contributed by atoms with Gasteiger partial charge in [-0.05, 0) is 49.2 Å². The zero-order valence-electron chi connectivity index (χ0n) is 18.5. The van der Waals surface area contributed by atoms with Crippen molar-refractivity contribution >= 4 is 16.7 Å². The Labute approximate surface area is 187 Å². The number of ether oxygens (including phenoxy) is 1. The van der Waals surface area contributed by atoms with Crippen molar-refractivity contribution in [2.45, 2.75) is 26.3 Å². The number of aromatic nitrogens is 1. The van der Waals surface area contributed by atoms with Crippen molar-refractivity contribution in [3.8, 4) is 11.4 Å². The fraction of sp³-hybridized carbons (Fsp3) is 0.185. The number of benzene rings is 3. The van der Waals surface area contributed by atoms with Crippen molar-refractivity contribution in [2.24, 2.45) is 0 Å². The maximum Gasteiger partial charge on any atom is 0.263 e. The van der Waals surface area contributed by atoms with E-state index in [2.05, 4.69) is 5.32 Å². The first-order valence-electron chi connectivity index (χ1n) is 10.7. The lowest BCUT2D eigenvalue weighted by Gasteiger charge is -2.21. The highest BCUT2D eigenvalue weighted by Crippen LogP contribution is 2.25. The number of nitrogens with zero attached hydrogens (tertiary/aromatic N) is 1. The predicted molar refractivity (Wildman–Crippen MR) is 128 cm³/mol. The molecule has 0 bridgehead atoms.